The van der Waals surface area contributed by atoms with Gasteiger partial charge in [0, 0.05) is 23.6 Å². The highest BCUT2D eigenvalue weighted by Gasteiger charge is 2.10. The molecule has 27 heavy (non-hydrogen) atoms. The summed E-state index contributed by atoms with van der Waals surface area (Å²) in [5.74, 6) is 0.627. The summed E-state index contributed by atoms with van der Waals surface area (Å²) in [6.45, 7) is 5.92. The van der Waals surface area contributed by atoms with Gasteiger partial charge in [-0.3, -0.25) is 14.2 Å². The topological polar surface area (TPSA) is 64.0 Å². The van der Waals surface area contributed by atoms with Gasteiger partial charge in [0.05, 0.1) is 22.9 Å². The first-order valence-corrected chi connectivity index (χ1v) is 9.66. The number of anilines is 1. The zero-order valence-electron chi connectivity index (χ0n) is 15.1. The molecule has 0 fully saturated rings. The van der Waals surface area contributed by atoms with Crippen molar-refractivity contribution >= 4 is 34.3 Å². The van der Waals surface area contributed by atoms with Crippen molar-refractivity contribution < 1.29 is 4.79 Å². The van der Waals surface area contributed by atoms with Crippen molar-refractivity contribution in [3.63, 3.8) is 0 Å². The Morgan fingerprint density at radius 3 is 2.89 bits per heavy atom. The van der Waals surface area contributed by atoms with Crippen molar-refractivity contribution in [1.82, 2.24) is 9.55 Å². The van der Waals surface area contributed by atoms with Crippen LogP contribution in [0.4, 0.5) is 5.69 Å². The second kappa shape index (κ2) is 8.68. The smallest absolute Gasteiger partial charge is 0.261 e. The van der Waals surface area contributed by atoms with Gasteiger partial charge >= 0.3 is 0 Å². The van der Waals surface area contributed by atoms with E-state index in [9.17, 15) is 9.59 Å². The number of carbonyl (C=O) groups excluding carboxylic acids is 1. The Balaban J connectivity index is 1.70. The predicted molar refractivity (Wildman–Crippen MR) is 111 cm³/mol. The molecule has 6 heteroatoms. The SMILES string of the molecule is C=CCSc1ccccc1NC(=O)CCn1cnc2c(C)cccc2c1=O. The molecule has 0 aliphatic heterocycles. The summed E-state index contributed by atoms with van der Waals surface area (Å²) >= 11 is 1.61. The van der Waals surface area contributed by atoms with Crippen molar-refractivity contribution in [2.45, 2.75) is 24.8 Å². The molecular weight excluding hydrogens is 358 g/mol. The first-order chi connectivity index (χ1) is 13.1. The third-order valence-corrected chi connectivity index (χ3v) is 5.22. The van der Waals surface area contributed by atoms with Crippen LogP contribution in [0.3, 0.4) is 0 Å². The maximum atomic E-state index is 12.6. The van der Waals surface area contributed by atoms with Gasteiger partial charge < -0.3 is 5.32 Å². The van der Waals surface area contributed by atoms with E-state index >= 15 is 0 Å². The molecule has 1 N–H and O–H groups in total. The standard InChI is InChI=1S/C21H21N3O2S/c1-3-13-27-18-10-5-4-9-17(18)23-19(25)11-12-24-14-22-20-15(2)7-6-8-16(20)21(24)26/h3-10,14H,1,11-13H2,2H3,(H,23,25). The number of hydrogen-bond donors (Lipinski definition) is 1. The van der Waals surface area contributed by atoms with E-state index in [1.807, 2.05) is 49.4 Å². The molecule has 0 unspecified atom stereocenters. The van der Waals surface area contributed by atoms with Gasteiger partial charge in [0.25, 0.3) is 5.56 Å². The summed E-state index contributed by atoms with van der Waals surface area (Å²) in [5.41, 5.74) is 2.31. The van der Waals surface area contributed by atoms with E-state index in [2.05, 4.69) is 16.9 Å². The minimum atomic E-state index is -0.141. The van der Waals surface area contributed by atoms with Gasteiger partial charge in [0.1, 0.15) is 0 Å². The monoisotopic (exact) mass is 379 g/mol. The maximum absolute atomic E-state index is 12.6. The molecule has 0 aliphatic carbocycles. The number of hydrogen-bond acceptors (Lipinski definition) is 4. The Hall–Kier alpha value is -2.86. The van der Waals surface area contributed by atoms with Gasteiger partial charge in [-0.1, -0.05) is 30.3 Å². The molecule has 2 aromatic carbocycles. The Kier molecular flexibility index (Phi) is 6.08. The van der Waals surface area contributed by atoms with Crippen molar-refractivity contribution in [2.24, 2.45) is 0 Å². The fourth-order valence-electron chi connectivity index (χ4n) is 2.78. The normalized spacial score (nSPS) is 10.7. The van der Waals surface area contributed by atoms with Crippen LogP contribution >= 0.6 is 11.8 Å². The van der Waals surface area contributed by atoms with Crippen molar-refractivity contribution in [3.8, 4) is 0 Å². The van der Waals surface area contributed by atoms with Gasteiger partial charge in [-0.25, -0.2) is 4.98 Å². The lowest BCUT2D eigenvalue weighted by Crippen LogP contribution is -2.24. The molecule has 3 aromatic rings. The Bertz CT molecular complexity index is 1040. The zero-order chi connectivity index (χ0) is 19.2. The number of thioether (sulfide) groups is 1. The van der Waals surface area contributed by atoms with E-state index in [-0.39, 0.29) is 24.4 Å². The number of aryl methyl sites for hydroxylation is 2. The second-order valence-electron chi connectivity index (χ2n) is 6.11. The molecule has 5 nitrogen and oxygen atoms in total. The fourth-order valence-corrected chi connectivity index (χ4v) is 3.52. The lowest BCUT2D eigenvalue weighted by molar-refractivity contribution is -0.116. The summed E-state index contributed by atoms with van der Waals surface area (Å²) in [6.07, 6.45) is 3.53. The number of benzene rings is 2. The van der Waals surface area contributed by atoms with E-state index in [4.69, 9.17) is 0 Å². The predicted octanol–water partition coefficient (Wildman–Crippen LogP) is 4.01. The van der Waals surface area contributed by atoms with E-state index in [1.165, 1.54) is 10.9 Å². The first kappa shape index (κ1) is 18.9. The van der Waals surface area contributed by atoms with Gasteiger partial charge in [-0.2, -0.15) is 0 Å². The highest BCUT2D eigenvalue weighted by atomic mass is 32.2. The molecule has 0 spiro atoms. The number of aromatic nitrogens is 2. The van der Waals surface area contributed by atoms with Crippen molar-refractivity contribution in [3.05, 3.63) is 77.4 Å². The molecule has 1 heterocycles. The van der Waals surface area contributed by atoms with Crippen LogP contribution in [0, 0.1) is 6.92 Å². The molecule has 138 valence electrons. The summed E-state index contributed by atoms with van der Waals surface area (Å²) in [5, 5.41) is 3.50. The number of para-hydroxylation sites is 2. The van der Waals surface area contributed by atoms with Crippen LogP contribution in [0.2, 0.25) is 0 Å². The molecule has 1 aromatic heterocycles. The summed E-state index contributed by atoms with van der Waals surface area (Å²) in [6, 6.07) is 13.2. The number of fused-ring (bicyclic) bond motifs is 1. The van der Waals surface area contributed by atoms with Gasteiger partial charge in [0.15, 0.2) is 0 Å². The van der Waals surface area contributed by atoms with Gasteiger partial charge in [-0.15, -0.1) is 18.3 Å². The molecule has 1 amide bonds. The highest BCUT2D eigenvalue weighted by Crippen LogP contribution is 2.27. The fraction of sp³-hybridized carbons (Fsp3) is 0.190. The molecule has 0 bridgehead atoms. The molecule has 0 atom stereocenters. The molecule has 0 radical (unpaired) electrons. The molecular formula is C21H21N3O2S. The molecule has 0 aliphatic rings. The second-order valence-corrected chi connectivity index (χ2v) is 7.17. The molecule has 0 saturated heterocycles. The summed E-state index contributed by atoms with van der Waals surface area (Å²) in [4.78, 5) is 30.3. The number of carbonyl (C=O) groups is 1. The Morgan fingerprint density at radius 2 is 2.07 bits per heavy atom. The van der Waals surface area contributed by atoms with Crippen LogP contribution in [0.5, 0.6) is 0 Å². The lowest BCUT2D eigenvalue weighted by atomic mass is 10.1. The van der Waals surface area contributed by atoms with Crippen molar-refractivity contribution in [2.75, 3.05) is 11.1 Å². The average molecular weight is 379 g/mol. The first-order valence-electron chi connectivity index (χ1n) is 8.67. The van der Waals surface area contributed by atoms with E-state index in [0.717, 1.165) is 21.9 Å². The van der Waals surface area contributed by atoms with Crippen LogP contribution in [-0.2, 0) is 11.3 Å². The summed E-state index contributed by atoms with van der Waals surface area (Å²) < 4.78 is 1.49. The quantitative estimate of drug-likeness (QED) is 0.498. The highest BCUT2D eigenvalue weighted by molar-refractivity contribution is 7.99. The van der Waals surface area contributed by atoms with Gasteiger partial charge in [-0.05, 0) is 30.7 Å². The maximum Gasteiger partial charge on any atom is 0.261 e. The van der Waals surface area contributed by atoms with Crippen LogP contribution in [0.1, 0.15) is 12.0 Å². The third kappa shape index (κ3) is 4.46. The third-order valence-electron chi connectivity index (χ3n) is 4.15. The summed E-state index contributed by atoms with van der Waals surface area (Å²) in [7, 11) is 0. The number of rotatable bonds is 7. The van der Waals surface area contributed by atoms with Crippen LogP contribution in [0.25, 0.3) is 10.9 Å². The molecule has 3 rings (SSSR count). The minimum absolute atomic E-state index is 0.126. The van der Waals surface area contributed by atoms with E-state index < -0.39 is 0 Å². The van der Waals surface area contributed by atoms with Crippen LogP contribution < -0.4 is 10.9 Å². The number of amides is 1. The van der Waals surface area contributed by atoms with E-state index in [1.54, 1.807) is 17.8 Å². The zero-order valence-corrected chi connectivity index (χ0v) is 16.0. The lowest BCUT2D eigenvalue weighted by Gasteiger charge is -2.11. The van der Waals surface area contributed by atoms with E-state index in [0.29, 0.717) is 10.9 Å². The Labute approximate surface area is 162 Å². The number of nitrogens with zero attached hydrogens (tertiary/aromatic N) is 2. The number of nitrogens with one attached hydrogen (secondary N) is 1. The van der Waals surface area contributed by atoms with Crippen LogP contribution in [0.15, 0.2) is 71.1 Å². The minimum Gasteiger partial charge on any atom is -0.325 e. The van der Waals surface area contributed by atoms with Gasteiger partial charge in [0.2, 0.25) is 5.91 Å². The van der Waals surface area contributed by atoms with Crippen molar-refractivity contribution in [1.29, 1.82) is 0 Å². The largest absolute Gasteiger partial charge is 0.325 e. The molecule has 0 saturated carbocycles. The van der Waals surface area contributed by atoms with Crippen LogP contribution in [-0.4, -0.2) is 21.2 Å². The average Bonchev–Trinajstić information content (AvgIpc) is 2.67. The Morgan fingerprint density at radius 1 is 1.26 bits per heavy atom.